The fraction of sp³-hybridized carbons (Fsp3) is 0.250. The molecule has 0 radical (unpaired) electrons. The molecule has 1 aromatic carbocycles. The van der Waals surface area contributed by atoms with Gasteiger partial charge in [0.2, 0.25) is 10.0 Å². The van der Waals surface area contributed by atoms with Crippen LogP contribution in [-0.2, 0) is 29.4 Å². The maximum atomic E-state index is 12.1. The minimum Gasteiger partial charge on any atom is -0.326 e. The number of hydrogen-bond donors (Lipinski definition) is 2. The lowest BCUT2D eigenvalue weighted by Crippen LogP contribution is -2.18. The molecule has 0 spiro atoms. The Balaban J connectivity index is 2.20. The maximum absolute atomic E-state index is 12.1. The van der Waals surface area contributed by atoms with E-state index in [-0.39, 0.29) is 12.3 Å². The van der Waals surface area contributed by atoms with Crippen LogP contribution >= 0.6 is 0 Å². The molecule has 1 aromatic heterocycles. The molecule has 2 rings (SSSR count). The molecule has 0 aliphatic rings. The molecular weight excluding hydrogens is 264 g/mol. The molecule has 3 N–H and O–H groups in total. The third-order valence-corrected chi connectivity index (χ3v) is 3.90. The Labute approximate surface area is 112 Å². The molecule has 0 saturated carbocycles. The third-order valence-electron chi connectivity index (χ3n) is 2.69. The number of nitrogens with two attached hydrogens (primary N) is 1. The second-order valence-corrected chi connectivity index (χ2v) is 5.92. The molecule has 1 heterocycles. The molecule has 0 fully saturated rings. The van der Waals surface area contributed by atoms with Gasteiger partial charge in [0.05, 0.1) is 11.9 Å². The van der Waals surface area contributed by atoms with Crippen molar-refractivity contribution in [1.82, 2.24) is 9.78 Å². The van der Waals surface area contributed by atoms with E-state index in [2.05, 4.69) is 9.82 Å². The van der Waals surface area contributed by atoms with Crippen molar-refractivity contribution >= 4 is 15.8 Å². The molecule has 0 saturated heterocycles. The molecule has 102 valence electrons. The highest BCUT2D eigenvalue weighted by molar-refractivity contribution is 7.91. The Hall–Kier alpha value is -1.86. The van der Waals surface area contributed by atoms with Crippen molar-refractivity contribution in [1.29, 1.82) is 0 Å². The fourth-order valence-corrected chi connectivity index (χ4v) is 3.00. The molecule has 7 heteroatoms. The summed E-state index contributed by atoms with van der Waals surface area (Å²) < 4.78 is 28.2. The van der Waals surface area contributed by atoms with Gasteiger partial charge in [0.1, 0.15) is 5.82 Å². The summed E-state index contributed by atoms with van der Waals surface area (Å²) in [6, 6.07) is 9.00. The highest BCUT2D eigenvalue weighted by Gasteiger charge is 2.16. The Bertz CT molecular complexity index is 650. The summed E-state index contributed by atoms with van der Waals surface area (Å²) in [6.07, 6.45) is 1.56. The number of aromatic nitrogens is 2. The fourth-order valence-electron chi connectivity index (χ4n) is 1.74. The summed E-state index contributed by atoms with van der Waals surface area (Å²) in [4.78, 5) is 0. The smallest absolute Gasteiger partial charge is 0.238 e. The minimum absolute atomic E-state index is 0.0803. The van der Waals surface area contributed by atoms with Crippen molar-refractivity contribution in [2.24, 2.45) is 12.8 Å². The van der Waals surface area contributed by atoms with Crippen molar-refractivity contribution in [3.05, 3.63) is 47.7 Å². The van der Waals surface area contributed by atoms with Crippen LogP contribution < -0.4 is 10.5 Å². The molecule has 19 heavy (non-hydrogen) atoms. The van der Waals surface area contributed by atoms with Gasteiger partial charge < -0.3 is 5.73 Å². The molecular formula is C12H16N4O2S. The number of anilines is 1. The average Bonchev–Trinajstić information content (AvgIpc) is 2.70. The van der Waals surface area contributed by atoms with E-state index < -0.39 is 10.0 Å². The number of nitrogens with one attached hydrogen (secondary N) is 1. The molecule has 0 amide bonds. The SMILES string of the molecule is Cn1ncc(CN)c1NS(=O)(=O)Cc1ccccc1. The largest absolute Gasteiger partial charge is 0.326 e. The first kappa shape index (κ1) is 13.6. The number of sulfonamides is 1. The molecule has 0 aliphatic heterocycles. The summed E-state index contributed by atoms with van der Waals surface area (Å²) in [5.41, 5.74) is 6.94. The highest BCUT2D eigenvalue weighted by Crippen LogP contribution is 2.16. The Morgan fingerprint density at radius 1 is 1.32 bits per heavy atom. The van der Waals surface area contributed by atoms with E-state index in [0.29, 0.717) is 11.4 Å². The third kappa shape index (κ3) is 3.33. The van der Waals surface area contributed by atoms with Gasteiger partial charge in [0, 0.05) is 19.2 Å². The van der Waals surface area contributed by atoms with E-state index in [1.807, 2.05) is 6.07 Å². The van der Waals surface area contributed by atoms with Gasteiger partial charge in [-0.3, -0.25) is 9.40 Å². The lowest BCUT2D eigenvalue weighted by Gasteiger charge is -2.10. The molecule has 2 aromatic rings. The van der Waals surface area contributed by atoms with Crippen molar-refractivity contribution in [2.75, 3.05) is 4.72 Å². The minimum atomic E-state index is -3.48. The van der Waals surface area contributed by atoms with Crippen molar-refractivity contribution < 1.29 is 8.42 Å². The van der Waals surface area contributed by atoms with Crippen LogP contribution in [0.2, 0.25) is 0 Å². The zero-order valence-corrected chi connectivity index (χ0v) is 11.4. The number of rotatable bonds is 5. The average molecular weight is 280 g/mol. The molecule has 0 bridgehead atoms. The van der Waals surface area contributed by atoms with Crippen LogP contribution in [-0.4, -0.2) is 18.2 Å². The quantitative estimate of drug-likeness (QED) is 0.848. The first-order valence-corrected chi connectivity index (χ1v) is 7.42. The highest BCUT2D eigenvalue weighted by atomic mass is 32.2. The summed E-state index contributed by atoms with van der Waals surface area (Å²) in [5.74, 6) is 0.335. The van der Waals surface area contributed by atoms with E-state index in [0.717, 1.165) is 5.56 Å². The molecule has 6 nitrogen and oxygen atoms in total. The molecule has 0 atom stereocenters. The maximum Gasteiger partial charge on any atom is 0.238 e. The lowest BCUT2D eigenvalue weighted by atomic mass is 10.2. The van der Waals surface area contributed by atoms with Gasteiger partial charge in [-0.25, -0.2) is 8.42 Å². The summed E-state index contributed by atoms with van der Waals surface area (Å²) in [5, 5.41) is 3.99. The summed E-state index contributed by atoms with van der Waals surface area (Å²) >= 11 is 0. The van der Waals surface area contributed by atoms with Gasteiger partial charge in [0.25, 0.3) is 0 Å². The van der Waals surface area contributed by atoms with Gasteiger partial charge in [-0.2, -0.15) is 5.10 Å². The van der Waals surface area contributed by atoms with Crippen LogP contribution in [0.15, 0.2) is 36.5 Å². The number of aryl methyl sites for hydroxylation is 1. The number of benzene rings is 1. The van der Waals surface area contributed by atoms with Crippen LogP contribution in [0.25, 0.3) is 0 Å². The predicted molar refractivity (Wildman–Crippen MR) is 73.8 cm³/mol. The van der Waals surface area contributed by atoms with Gasteiger partial charge in [-0.05, 0) is 5.56 Å². The lowest BCUT2D eigenvalue weighted by molar-refractivity contribution is 0.599. The number of nitrogens with zero attached hydrogens (tertiary/aromatic N) is 2. The zero-order valence-electron chi connectivity index (χ0n) is 10.6. The van der Waals surface area contributed by atoms with Crippen LogP contribution in [0.4, 0.5) is 5.82 Å². The van der Waals surface area contributed by atoms with Gasteiger partial charge in [0.15, 0.2) is 0 Å². The van der Waals surface area contributed by atoms with E-state index in [1.165, 1.54) is 4.68 Å². The van der Waals surface area contributed by atoms with Crippen molar-refractivity contribution in [3.8, 4) is 0 Å². The molecule has 0 unspecified atom stereocenters. The monoisotopic (exact) mass is 280 g/mol. The van der Waals surface area contributed by atoms with Crippen molar-refractivity contribution in [3.63, 3.8) is 0 Å². The van der Waals surface area contributed by atoms with Crippen LogP contribution in [0.3, 0.4) is 0 Å². The normalized spacial score (nSPS) is 11.5. The summed E-state index contributed by atoms with van der Waals surface area (Å²) in [6.45, 7) is 0.233. The topological polar surface area (TPSA) is 90.0 Å². The Morgan fingerprint density at radius 3 is 2.63 bits per heavy atom. The van der Waals surface area contributed by atoms with Gasteiger partial charge >= 0.3 is 0 Å². The van der Waals surface area contributed by atoms with Crippen LogP contribution in [0.1, 0.15) is 11.1 Å². The van der Waals surface area contributed by atoms with E-state index >= 15 is 0 Å². The number of hydrogen-bond acceptors (Lipinski definition) is 4. The summed E-state index contributed by atoms with van der Waals surface area (Å²) in [7, 11) is -1.81. The van der Waals surface area contributed by atoms with Crippen LogP contribution in [0.5, 0.6) is 0 Å². The second kappa shape index (κ2) is 5.41. The first-order chi connectivity index (χ1) is 9.02. The second-order valence-electron chi connectivity index (χ2n) is 4.19. The van der Waals surface area contributed by atoms with E-state index in [4.69, 9.17) is 5.73 Å². The van der Waals surface area contributed by atoms with Crippen LogP contribution in [0, 0.1) is 0 Å². The molecule has 0 aliphatic carbocycles. The zero-order chi connectivity index (χ0) is 13.9. The van der Waals surface area contributed by atoms with E-state index in [1.54, 1.807) is 37.5 Å². The van der Waals surface area contributed by atoms with Crippen molar-refractivity contribution in [2.45, 2.75) is 12.3 Å². The predicted octanol–water partition coefficient (Wildman–Crippen LogP) is 0.821. The van der Waals surface area contributed by atoms with Gasteiger partial charge in [-0.1, -0.05) is 30.3 Å². The first-order valence-electron chi connectivity index (χ1n) is 5.77. The van der Waals surface area contributed by atoms with Gasteiger partial charge in [-0.15, -0.1) is 0 Å². The van der Waals surface area contributed by atoms with E-state index in [9.17, 15) is 8.42 Å². The standard InChI is InChI=1S/C12H16N4O2S/c1-16-12(11(7-13)8-14-16)15-19(17,18)9-10-5-3-2-4-6-10/h2-6,8,15H,7,9,13H2,1H3. The Kier molecular flexibility index (Phi) is 3.87. The Morgan fingerprint density at radius 2 is 2.00 bits per heavy atom.